The molecule has 8 aliphatic rings. The summed E-state index contributed by atoms with van der Waals surface area (Å²) in [5, 5.41) is 65.8. The van der Waals surface area contributed by atoms with E-state index in [0.29, 0.717) is 96.0 Å². The van der Waals surface area contributed by atoms with Crippen molar-refractivity contribution in [2.45, 2.75) is 218 Å². The normalized spacial score (nSPS) is 27.7. The Morgan fingerprint density at radius 2 is 0.765 bits per heavy atom. The number of nitrogens with two attached hydrogens (primary N) is 1. The van der Waals surface area contributed by atoms with Crippen LogP contribution < -0.4 is 101 Å². The topological polar surface area (TPSA) is 502 Å². The van der Waals surface area contributed by atoms with Crippen molar-refractivity contribution in [3.8, 4) is 5.75 Å². The first kappa shape index (κ1) is 91.9. The van der Waals surface area contributed by atoms with Gasteiger partial charge in [-0.2, -0.15) is 0 Å². The Labute approximate surface area is 697 Å². The molecule has 14 amide bonds. The van der Waals surface area contributed by atoms with Gasteiger partial charge >= 0.3 is 0 Å². The number of amides is 14. The van der Waals surface area contributed by atoms with Crippen molar-refractivity contribution in [3.05, 3.63) is 65.7 Å². The summed E-state index contributed by atoms with van der Waals surface area (Å²) in [6.07, 6.45) is 6.85. The highest BCUT2D eigenvalue weighted by molar-refractivity contribution is 5.90. The molecule has 8 fully saturated rings. The van der Waals surface area contributed by atoms with E-state index in [9.17, 15) is 72.2 Å². The fraction of sp³-hybridized carbons (Fsp3) is 0.694. The Hall–Kier alpha value is -9.38. The third-order valence-corrected chi connectivity index (χ3v) is 25.2. The SMILES string of the molecule is CC(=O)NC1CCCC1C(=O)N[C@H](CC(=O)NC1CCCC1C(=O)NC[C@H](CC(C)C)C(=O)NC1CNCC1C(=O)NC1CNCC1C(=O)N[C@H](CC(=O)NC1CCCC1C(=O)NC[C@H](Cc1ccc(O)cc1)C(=O)NC1CNCC1C(=O)NC1CNCC1C(=O)N[C@H](CC(=O)NC1CNCC1C(N)=O)C(C)C)Cc1ccccc1)CC(C)C. The first-order valence-electron chi connectivity index (χ1n) is 43.4. The molecule has 656 valence electrons. The third kappa shape index (κ3) is 26.8. The molecule has 5 aliphatic heterocycles. The van der Waals surface area contributed by atoms with E-state index < -0.39 is 131 Å². The number of carbonyl (C=O) groups excluding carboxylic acids is 14. The van der Waals surface area contributed by atoms with E-state index in [4.69, 9.17) is 5.73 Å². The summed E-state index contributed by atoms with van der Waals surface area (Å²) in [6.45, 7) is 16.0. The maximum atomic E-state index is 14.6. The predicted octanol–water partition coefficient (Wildman–Crippen LogP) is -2.10. The van der Waals surface area contributed by atoms with Crippen LogP contribution in [0.3, 0.4) is 0 Å². The summed E-state index contributed by atoms with van der Waals surface area (Å²) in [6, 6.07) is 9.74. The molecule has 34 nitrogen and oxygen atoms in total. The molecule has 0 bridgehead atoms. The number of hydrogen-bond donors (Lipinski definition) is 20. The number of benzene rings is 2. The second kappa shape index (κ2) is 44.2. The highest BCUT2D eigenvalue weighted by Gasteiger charge is 2.46. The van der Waals surface area contributed by atoms with Gasteiger partial charge in [0, 0.05) is 141 Å². The Balaban J connectivity index is 0.693. The van der Waals surface area contributed by atoms with Gasteiger partial charge < -0.3 is 107 Å². The lowest BCUT2D eigenvalue weighted by Crippen LogP contribution is -2.54. The fourth-order valence-electron chi connectivity index (χ4n) is 18.7. The molecule has 3 saturated carbocycles. The van der Waals surface area contributed by atoms with E-state index in [1.165, 1.54) is 19.1 Å². The highest BCUT2D eigenvalue weighted by Crippen LogP contribution is 2.31. The molecule has 2 aromatic rings. The number of phenols is 1. The average molecular weight is 1660 g/mol. The Morgan fingerprint density at radius 3 is 1.24 bits per heavy atom. The molecule has 2 aromatic carbocycles. The van der Waals surface area contributed by atoms with Crippen LogP contribution >= 0.6 is 0 Å². The smallest absolute Gasteiger partial charge is 0.226 e. The van der Waals surface area contributed by atoms with Crippen molar-refractivity contribution < 1.29 is 72.2 Å². The third-order valence-electron chi connectivity index (χ3n) is 25.2. The van der Waals surface area contributed by atoms with Crippen LogP contribution in [0.25, 0.3) is 0 Å². The number of hydrogen-bond acceptors (Lipinski definition) is 20. The van der Waals surface area contributed by atoms with E-state index >= 15 is 0 Å². The van der Waals surface area contributed by atoms with Crippen LogP contribution in [0.1, 0.15) is 149 Å². The van der Waals surface area contributed by atoms with E-state index in [2.05, 4.69) is 95.7 Å². The summed E-state index contributed by atoms with van der Waals surface area (Å²) in [5.74, 6) is -11.2. The summed E-state index contributed by atoms with van der Waals surface area (Å²) in [5.41, 5.74) is 7.12. The molecule has 34 heteroatoms. The molecule has 5 saturated heterocycles. The number of phenolic OH excluding ortho intramolecular Hbond substituents is 1. The largest absolute Gasteiger partial charge is 0.508 e. The molecule has 0 aromatic heterocycles. The van der Waals surface area contributed by atoms with Crippen LogP contribution in [0, 0.1) is 76.9 Å². The Morgan fingerprint density at radius 1 is 0.378 bits per heavy atom. The number of carbonyl (C=O) groups is 14. The molecule has 5 heterocycles. The monoisotopic (exact) mass is 1660 g/mol. The minimum atomic E-state index is -0.856. The lowest BCUT2D eigenvalue weighted by atomic mass is 9.93. The predicted molar refractivity (Wildman–Crippen MR) is 442 cm³/mol. The molecule has 21 N–H and O–H groups in total. The first-order valence-corrected chi connectivity index (χ1v) is 43.4. The van der Waals surface area contributed by atoms with Crippen molar-refractivity contribution in [2.75, 3.05) is 78.5 Å². The number of aromatic hydroxyl groups is 1. The minimum Gasteiger partial charge on any atom is -0.508 e. The van der Waals surface area contributed by atoms with Gasteiger partial charge in [-0.15, -0.1) is 0 Å². The standard InChI is InChI=1S/C85H131N19O15/c1-45(2)26-51(33-92-79(113)56-16-11-20-65(56)97-73(107)30-53(27-46(3)4)95-81(115)58-18-13-19-64(58)94-48(7)105)77(111)101-69-41-89-37-61(69)84(118)103-71-43-88-36-60(71)82(116)96-54(29-49-14-9-8-10-15-49)31-74(108)98-66-21-12-17-57(66)80(114)93-34-52(28-50-22-24-55(106)25-23-50)78(112)102-70-42-90-38-62(70)85(119)104-72-44-91-39-63(72)83(117)100-67(47(5)6)32-75(109)99-68-40-87-35-59(68)76(86)110/h8-10,14-15,22-25,45-47,51-54,56-72,87-91,106H,11-13,16-21,26-44H2,1-7H3,(H2,86,110)(H,92,113)(H,93,114)(H,94,105)(H,95,115)(H,96,116)(H,97,107)(H,98,108)(H,99,109)(H,100,117)(H,101,111)(H,102,112)(H,103,118)(H,104,119)/t51-,52-,53-,54-,56?,57?,58?,59?,60?,61?,62?,63?,64?,65?,66?,67+,68?,69?,70?,71?,72?/m0/s1. The van der Waals surface area contributed by atoms with Crippen molar-refractivity contribution in [1.29, 1.82) is 0 Å². The molecular weight excluding hydrogens is 1530 g/mol. The first-order chi connectivity index (χ1) is 56.9. The van der Waals surface area contributed by atoms with Crippen LogP contribution in [0.15, 0.2) is 54.6 Å². The molecule has 0 radical (unpaired) electrons. The van der Waals surface area contributed by atoms with Crippen molar-refractivity contribution in [3.63, 3.8) is 0 Å². The summed E-state index contributed by atoms with van der Waals surface area (Å²) in [4.78, 5) is 193. The number of rotatable bonds is 40. The van der Waals surface area contributed by atoms with E-state index in [1.54, 1.807) is 12.1 Å². The van der Waals surface area contributed by atoms with Crippen LogP contribution in [-0.4, -0.2) is 233 Å². The zero-order valence-electron chi connectivity index (χ0n) is 70.1. The van der Waals surface area contributed by atoms with Crippen molar-refractivity contribution >= 4 is 82.7 Å². The van der Waals surface area contributed by atoms with Gasteiger partial charge in [0.05, 0.1) is 89.4 Å². The lowest BCUT2D eigenvalue weighted by molar-refractivity contribution is -0.132. The van der Waals surface area contributed by atoms with Crippen LogP contribution in [0.4, 0.5) is 0 Å². The van der Waals surface area contributed by atoms with Gasteiger partial charge in [0.25, 0.3) is 0 Å². The van der Waals surface area contributed by atoms with Gasteiger partial charge in [-0.05, 0) is 105 Å². The molecular formula is C85H131N19O15. The summed E-state index contributed by atoms with van der Waals surface area (Å²) < 4.78 is 0. The lowest BCUT2D eigenvalue weighted by Gasteiger charge is -2.28. The van der Waals surface area contributed by atoms with Crippen molar-refractivity contribution in [2.24, 2.45) is 82.7 Å². The zero-order chi connectivity index (χ0) is 85.6. The number of nitrogens with one attached hydrogen (secondary N) is 18. The van der Waals surface area contributed by atoms with Gasteiger partial charge in [-0.1, -0.05) is 103 Å². The average Bonchev–Trinajstić information content (AvgIpc) is 1.69. The Bertz CT molecular complexity index is 3850. The molecule has 10 rings (SSSR count). The molecule has 3 aliphatic carbocycles. The van der Waals surface area contributed by atoms with E-state index in [0.717, 1.165) is 12.0 Å². The molecule has 16 unspecified atom stereocenters. The second-order valence-electron chi connectivity index (χ2n) is 35.7. The van der Waals surface area contributed by atoms with Gasteiger partial charge in [-0.25, -0.2) is 0 Å². The molecule has 0 spiro atoms. The molecule has 119 heavy (non-hydrogen) atoms. The highest BCUT2D eigenvalue weighted by atomic mass is 16.3. The van der Waals surface area contributed by atoms with Crippen LogP contribution in [0.5, 0.6) is 5.75 Å². The Kier molecular flexibility index (Phi) is 34.2. The van der Waals surface area contributed by atoms with Gasteiger partial charge in [-0.3, -0.25) is 67.1 Å². The number of primary amides is 1. The summed E-state index contributed by atoms with van der Waals surface area (Å²) in [7, 11) is 0. The van der Waals surface area contributed by atoms with E-state index in [1.807, 2.05) is 71.9 Å². The van der Waals surface area contributed by atoms with Gasteiger partial charge in [0.2, 0.25) is 82.7 Å². The van der Waals surface area contributed by atoms with Crippen LogP contribution in [-0.2, 0) is 80.0 Å². The maximum Gasteiger partial charge on any atom is 0.226 e. The van der Waals surface area contributed by atoms with Gasteiger partial charge in [0.15, 0.2) is 0 Å². The minimum absolute atomic E-state index is 0.0266. The molecule has 21 atom stereocenters. The van der Waals surface area contributed by atoms with E-state index in [-0.39, 0.29) is 185 Å². The zero-order valence-corrected chi connectivity index (χ0v) is 70.1. The van der Waals surface area contributed by atoms with Crippen molar-refractivity contribution in [1.82, 2.24) is 95.7 Å². The quantitative estimate of drug-likeness (QED) is 0.0340. The second-order valence-corrected chi connectivity index (χ2v) is 35.7. The van der Waals surface area contributed by atoms with Gasteiger partial charge in [0.1, 0.15) is 5.75 Å². The fourth-order valence-corrected chi connectivity index (χ4v) is 18.7. The van der Waals surface area contributed by atoms with Crippen LogP contribution in [0.2, 0.25) is 0 Å². The summed E-state index contributed by atoms with van der Waals surface area (Å²) >= 11 is 0. The maximum absolute atomic E-state index is 14.6.